The van der Waals surface area contributed by atoms with Gasteiger partial charge in [-0.25, -0.2) is 0 Å². The number of benzene rings is 1. The first-order valence-corrected chi connectivity index (χ1v) is 8.09. The van der Waals surface area contributed by atoms with Crippen LogP contribution in [-0.2, 0) is 4.74 Å². The Balaban J connectivity index is 1.78. The van der Waals surface area contributed by atoms with Crippen LogP contribution in [0.25, 0.3) is 0 Å². The van der Waals surface area contributed by atoms with Crippen LogP contribution in [-0.4, -0.2) is 58.7 Å². The van der Waals surface area contributed by atoms with Crippen LogP contribution in [0.1, 0.15) is 19.4 Å². The van der Waals surface area contributed by atoms with E-state index in [4.69, 9.17) is 4.74 Å². The Morgan fingerprint density at radius 3 is 2.43 bits per heavy atom. The summed E-state index contributed by atoms with van der Waals surface area (Å²) in [5, 5.41) is 0. The van der Waals surface area contributed by atoms with E-state index in [0.29, 0.717) is 0 Å². The number of quaternary nitrogens is 1. The van der Waals surface area contributed by atoms with E-state index in [1.54, 1.807) is 4.90 Å². The summed E-state index contributed by atoms with van der Waals surface area (Å²) in [7, 11) is 0. The fourth-order valence-electron chi connectivity index (χ4n) is 2.66. The highest BCUT2D eigenvalue weighted by Gasteiger charge is 2.12. The molecule has 1 N–H and O–H groups in total. The van der Waals surface area contributed by atoms with Crippen LogP contribution >= 0.6 is 0 Å². The number of rotatable bonds is 7. The molecule has 1 fully saturated rings. The summed E-state index contributed by atoms with van der Waals surface area (Å²) in [6, 6.07) is 8.67. The molecule has 0 radical (unpaired) electrons. The van der Waals surface area contributed by atoms with Gasteiger partial charge in [0, 0.05) is 25.0 Å². The van der Waals surface area contributed by atoms with Gasteiger partial charge in [-0.3, -0.25) is 4.99 Å². The summed E-state index contributed by atoms with van der Waals surface area (Å²) in [5.74, 6) is 0. The van der Waals surface area contributed by atoms with Gasteiger partial charge in [0.25, 0.3) is 0 Å². The van der Waals surface area contributed by atoms with Gasteiger partial charge in [-0.1, -0.05) is 12.1 Å². The highest BCUT2D eigenvalue weighted by Crippen LogP contribution is 2.13. The van der Waals surface area contributed by atoms with Crippen LogP contribution in [0, 0.1) is 0 Å². The van der Waals surface area contributed by atoms with E-state index >= 15 is 0 Å². The molecule has 0 aromatic heterocycles. The standard InChI is InChI=1S/C17H27N3O/c1-3-20(4-2)17-7-5-16(6-8-17)15-18-9-10-19-11-13-21-14-12-19/h5-8,15H,3-4,9-14H2,1-2H3/p+1. The van der Waals surface area contributed by atoms with Gasteiger partial charge in [0.15, 0.2) is 0 Å². The maximum atomic E-state index is 5.36. The topological polar surface area (TPSA) is 29.3 Å². The van der Waals surface area contributed by atoms with Crippen molar-refractivity contribution in [1.29, 1.82) is 0 Å². The zero-order valence-corrected chi connectivity index (χ0v) is 13.3. The average molecular weight is 290 g/mol. The van der Waals surface area contributed by atoms with Gasteiger partial charge in [-0.05, 0) is 31.5 Å². The molecule has 1 aliphatic rings. The summed E-state index contributed by atoms with van der Waals surface area (Å²) in [6.07, 6.45) is 1.99. The number of hydrogen-bond acceptors (Lipinski definition) is 3. The van der Waals surface area contributed by atoms with Crippen molar-refractivity contribution in [2.45, 2.75) is 13.8 Å². The third kappa shape index (κ3) is 5.14. The Hall–Kier alpha value is -1.39. The molecule has 2 rings (SSSR count). The molecule has 0 aliphatic carbocycles. The molecule has 1 heterocycles. The first-order valence-electron chi connectivity index (χ1n) is 8.09. The van der Waals surface area contributed by atoms with Gasteiger partial charge in [0.2, 0.25) is 0 Å². The number of aliphatic imine (C=N–C) groups is 1. The van der Waals surface area contributed by atoms with Crippen molar-refractivity contribution >= 4 is 11.9 Å². The maximum absolute atomic E-state index is 5.36. The van der Waals surface area contributed by atoms with Crippen molar-refractivity contribution in [3.8, 4) is 0 Å². The smallest absolute Gasteiger partial charge is 0.101 e. The van der Waals surface area contributed by atoms with Crippen molar-refractivity contribution in [1.82, 2.24) is 0 Å². The molecule has 0 spiro atoms. The molecule has 0 saturated carbocycles. The Morgan fingerprint density at radius 2 is 1.81 bits per heavy atom. The van der Waals surface area contributed by atoms with Gasteiger partial charge in [-0.2, -0.15) is 0 Å². The van der Waals surface area contributed by atoms with Crippen LogP contribution in [0.5, 0.6) is 0 Å². The molecule has 1 aliphatic heterocycles. The Kier molecular flexibility index (Phi) is 6.70. The van der Waals surface area contributed by atoms with E-state index in [0.717, 1.165) is 52.5 Å². The van der Waals surface area contributed by atoms with E-state index in [1.807, 2.05) is 6.21 Å². The Bertz CT molecular complexity index is 420. The number of ether oxygens (including phenoxy) is 1. The summed E-state index contributed by atoms with van der Waals surface area (Å²) in [6.45, 7) is 12.5. The molecule has 116 valence electrons. The highest BCUT2D eigenvalue weighted by atomic mass is 16.5. The average Bonchev–Trinajstić information content (AvgIpc) is 2.55. The first-order chi connectivity index (χ1) is 10.3. The van der Waals surface area contributed by atoms with Crippen LogP contribution in [0.4, 0.5) is 5.69 Å². The van der Waals surface area contributed by atoms with E-state index < -0.39 is 0 Å². The minimum absolute atomic E-state index is 0.895. The van der Waals surface area contributed by atoms with Gasteiger partial charge in [0.05, 0.1) is 26.3 Å². The molecule has 4 heteroatoms. The molecule has 21 heavy (non-hydrogen) atoms. The molecule has 0 amide bonds. The van der Waals surface area contributed by atoms with E-state index in [-0.39, 0.29) is 0 Å². The monoisotopic (exact) mass is 290 g/mol. The highest BCUT2D eigenvalue weighted by molar-refractivity contribution is 5.80. The summed E-state index contributed by atoms with van der Waals surface area (Å²) in [4.78, 5) is 8.51. The van der Waals surface area contributed by atoms with Crippen molar-refractivity contribution in [2.24, 2.45) is 4.99 Å². The zero-order valence-electron chi connectivity index (χ0n) is 13.3. The molecule has 0 bridgehead atoms. The summed E-state index contributed by atoms with van der Waals surface area (Å²) in [5.41, 5.74) is 2.47. The molecular weight excluding hydrogens is 262 g/mol. The number of nitrogens with zero attached hydrogens (tertiary/aromatic N) is 2. The lowest BCUT2D eigenvalue weighted by atomic mass is 10.2. The van der Waals surface area contributed by atoms with Gasteiger partial charge in [0.1, 0.15) is 13.1 Å². The zero-order chi connectivity index (χ0) is 14.9. The molecule has 4 nitrogen and oxygen atoms in total. The third-order valence-electron chi connectivity index (χ3n) is 4.06. The minimum atomic E-state index is 0.895. The fraction of sp³-hybridized carbons (Fsp3) is 0.588. The number of nitrogens with one attached hydrogen (secondary N) is 1. The van der Waals surface area contributed by atoms with Crippen LogP contribution in [0.3, 0.4) is 0 Å². The van der Waals surface area contributed by atoms with Gasteiger partial charge >= 0.3 is 0 Å². The van der Waals surface area contributed by atoms with Crippen molar-refractivity contribution in [2.75, 3.05) is 57.4 Å². The van der Waals surface area contributed by atoms with Crippen molar-refractivity contribution in [3.05, 3.63) is 29.8 Å². The lowest BCUT2D eigenvalue weighted by molar-refractivity contribution is -0.906. The molecule has 1 saturated heterocycles. The second kappa shape index (κ2) is 8.80. The Labute approximate surface area is 128 Å². The quantitative estimate of drug-likeness (QED) is 0.755. The van der Waals surface area contributed by atoms with Crippen molar-refractivity contribution in [3.63, 3.8) is 0 Å². The SMILES string of the molecule is CCN(CC)c1ccc(C=NCC[NH+]2CCOCC2)cc1. The van der Waals surface area contributed by atoms with Gasteiger partial charge in [-0.15, -0.1) is 0 Å². The predicted octanol–water partition coefficient (Wildman–Crippen LogP) is 0.867. The van der Waals surface area contributed by atoms with Crippen molar-refractivity contribution < 1.29 is 9.64 Å². The largest absolute Gasteiger partial charge is 0.372 e. The number of anilines is 1. The van der Waals surface area contributed by atoms with Gasteiger partial charge < -0.3 is 14.5 Å². The van der Waals surface area contributed by atoms with Crippen LogP contribution in [0.15, 0.2) is 29.3 Å². The lowest BCUT2D eigenvalue weighted by Gasteiger charge is -2.22. The molecule has 1 aromatic carbocycles. The first kappa shape index (κ1) is 16.0. The van der Waals surface area contributed by atoms with Crippen LogP contribution < -0.4 is 9.80 Å². The minimum Gasteiger partial charge on any atom is -0.372 e. The van der Waals surface area contributed by atoms with E-state index in [9.17, 15) is 0 Å². The Morgan fingerprint density at radius 1 is 1.14 bits per heavy atom. The fourth-order valence-corrected chi connectivity index (χ4v) is 2.66. The summed E-state index contributed by atoms with van der Waals surface area (Å²) >= 11 is 0. The van der Waals surface area contributed by atoms with E-state index in [2.05, 4.69) is 48.0 Å². The lowest BCUT2D eigenvalue weighted by Crippen LogP contribution is -3.14. The molecular formula is C17H28N3O+. The summed E-state index contributed by atoms with van der Waals surface area (Å²) < 4.78 is 5.36. The maximum Gasteiger partial charge on any atom is 0.101 e. The molecule has 0 unspecified atom stereocenters. The third-order valence-corrected chi connectivity index (χ3v) is 4.06. The second-order valence-corrected chi connectivity index (χ2v) is 5.41. The normalized spacial score (nSPS) is 16.5. The van der Waals surface area contributed by atoms with E-state index in [1.165, 1.54) is 11.3 Å². The molecule has 0 atom stereocenters. The second-order valence-electron chi connectivity index (χ2n) is 5.41. The number of morpholine rings is 1. The predicted molar refractivity (Wildman–Crippen MR) is 88.8 cm³/mol. The molecule has 1 aromatic rings. The number of hydrogen-bond donors (Lipinski definition) is 1. The van der Waals surface area contributed by atoms with Crippen LogP contribution in [0.2, 0.25) is 0 Å².